The van der Waals surface area contributed by atoms with Gasteiger partial charge in [0.05, 0.1) is 20.1 Å². The molecular weight excluding hydrogens is 310 g/mol. The molecule has 0 aromatic rings. The fourth-order valence-electron chi connectivity index (χ4n) is 3.14. The minimum absolute atomic E-state index is 0. The minimum Gasteiger partial charge on any atom is -1.00 e. The topological polar surface area (TPSA) is 37.3 Å². The van der Waals surface area contributed by atoms with E-state index in [1.54, 1.807) is 0 Å². The van der Waals surface area contributed by atoms with Gasteiger partial charge in [0.15, 0.2) is 6.54 Å². The maximum atomic E-state index is 11.1. The third kappa shape index (κ3) is 16.4. The highest BCUT2D eigenvalue weighted by molar-refractivity contribution is 5.67. The van der Waals surface area contributed by atoms with E-state index >= 15 is 0 Å². The van der Waals surface area contributed by atoms with Crippen LogP contribution < -0.4 is 12.4 Å². The lowest BCUT2D eigenvalue weighted by molar-refractivity contribution is -0.903. The molecule has 0 bridgehead atoms. The van der Waals surface area contributed by atoms with Crippen molar-refractivity contribution >= 4 is 5.97 Å². The first-order chi connectivity index (χ1) is 10.5. The van der Waals surface area contributed by atoms with Gasteiger partial charge < -0.3 is 22.0 Å². The van der Waals surface area contributed by atoms with Crippen LogP contribution in [0.25, 0.3) is 0 Å². The van der Waals surface area contributed by atoms with Crippen LogP contribution in [-0.2, 0) is 4.79 Å². The predicted octanol–water partition coefficient (Wildman–Crippen LogP) is 2.24. The van der Waals surface area contributed by atoms with Crippen molar-refractivity contribution in [3.05, 3.63) is 0 Å². The number of carboxylic acids is 1. The Morgan fingerprint density at radius 2 is 1.09 bits per heavy atom. The third-order valence-electron chi connectivity index (χ3n) is 4.62. The molecule has 23 heavy (non-hydrogen) atoms. The van der Waals surface area contributed by atoms with Gasteiger partial charge in [-0.15, -0.1) is 0 Å². The van der Waals surface area contributed by atoms with Crippen LogP contribution in [0.4, 0.5) is 0 Å². The first-order valence-electron chi connectivity index (χ1n) is 9.59. The predicted molar refractivity (Wildman–Crippen MR) is 95.2 cm³/mol. The molecule has 4 heteroatoms. The molecule has 0 rings (SSSR count). The molecule has 0 saturated carbocycles. The maximum absolute atomic E-state index is 11.1. The lowest BCUT2D eigenvalue weighted by atomic mass is 10.1. The molecule has 140 valence electrons. The van der Waals surface area contributed by atoms with Crippen LogP contribution in [-0.4, -0.2) is 42.2 Å². The molecule has 3 nitrogen and oxygen atoms in total. The number of nitrogens with zero attached hydrogens (tertiary/aromatic N) is 1. The van der Waals surface area contributed by atoms with Crippen LogP contribution in [0.5, 0.6) is 0 Å². The van der Waals surface area contributed by atoms with Crippen molar-refractivity contribution in [3.63, 3.8) is 0 Å². The summed E-state index contributed by atoms with van der Waals surface area (Å²) in [4.78, 5) is 11.1. The number of rotatable bonds is 16. The van der Waals surface area contributed by atoms with Gasteiger partial charge >= 0.3 is 5.97 Å². The van der Waals surface area contributed by atoms with Crippen LogP contribution in [0.3, 0.4) is 0 Å². The Labute approximate surface area is 150 Å². The normalized spacial score (nSPS) is 11.3. The van der Waals surface area contributed by atoms with Crippen molar-refractivity contribution in [1.82, 2.24) is 0 Å². The molecule has 0 aliphatic rings. The molecule has 0 heterocycles. The number of likely N-dealkylation sites (N-methyl/N-ethyl adjacent to an activating group) is 1. The monoisotopic (exact) mass is 349 g/mol. The van der Waals surface area contributed by atoms with E-state index in [1.807, 2.05) is 0 Å². The average Bonchev–Trinajstić information content (AvgIpc) is 2.46. The Morgan fingerprint density at radius 1 is 0.739 bits per heavy atom. The second kappa shape index (κ2) is 16.6. The van der Waals surface area contributed by atoms with Gasteiger partial charge in [-0.25, -0.2) is 4.79 Å². The van der Waals surface area contributed by atoms with Crippen LogP contribution in [0.1, 0.15) is 90.9 Å². The number of hydrogen-bond acceptors (Lipinski definition) is 1. The molecule has 0 saturated heterocycles. The van der Waals surface area contributed by atoms with Gasteiger partial charge in [-0.3, -0.25) is 0 Å². The number of halogens is 1. The largest absolute Gasteiger partial charge is 1.00 e. The quantitative estimate of drug-likeness (QED) is 0.343. The zero-order valence-corrected chi connectivity index (χ0v) is 16.5. The number of unbranched alkanes of at least 4 members (excludes halogenated alkanes) is 10. The molecule has 0 aliphatic carbocycles. The maximum Gasteiger partial charge on any atom is 0.359 e. The molecule has 0 radical (unpaired) electrons. The van der Waals surface area contributed by atoms with E-state index in [4.69, 9.17) is 0 Å². The lowest BCUT2D eigenvalue weighted by Crippen LogP contribution is -3.00. The number of quaternary nitrogens is 1. The summed E-state index contributed by atoms with van der Waals surface area (Å²) >= 11 is 0. The summed E-state index contributed by atoms with van der Waals surface area (Å²) in [7, 11) is 2.13. The minimum atomic E-state index is -0.653. The molecule has 0 unspecified atom stereocenters. The van der Waals surface area contributed by atoms with Crippen LogP contribution >= 0.6 is 0 Å². The molecule has 1 N–H and O–H groups in total. The van der Waals surface area contributed by atoms with Crippen molar-refractivity contribution < 1.29 is 26.8 Å². The molecule has 0 aromatic carbocycles. The second-order valence-corrected chi connectivity index (χ2v) is 7.15. The summed E-state index contributed by atoms with van der Waals surface area (Å²) in [5.41, 5.74) is 0. The van der Waals surface area contributed by atoms with Gasteiger partial charge in [-0.1, -0.05) is 65.2 Å². The summed E-state index contributed by atoms with van der Waals surface area (Å²) < 4.78 is 0.719. The van der Waals surface area contributed by atoms with E-state index < -0.39 is 5.97 Å². The Morgan fingerprint density at radius 3 is 1.43 bits per heavy atom. The zero-order chi connectivity index (χ0) is 16.7. The van der Waals surface area contributed by atoms with Gasteiger partial charge in [0.25, 0.3) is 0 Å². The van der Waals surface area contributed by atoms with Crippen molar-refractivity contribution in [2.75, 3.05) is 26.7 Å². The highest BCUT2D eigenvalue weighted by Crippen LogP contribution is 2.13. The van der Waals surface area contributed by atoms with Crippen LogP contribution in [0.15, 0.2) is 0 Å². The first-order valence-corrected chi connectivity index (χ1v) is 9.59. The summed E-state index contributed by atoms with van der Waals surface area (Å²) in [6.45, 7) is 6.80. The van der Waals surface area contributed by atoms with Gasteiger partial charge in [-0.05, 0) is 25.7 Å². The van der Waals surface area contributed by atoms with Crippen molar-refractivity contribution in [1.29, 1.82) is 0 Å². The highest BCUT2D eigenvalue weighted by Gasteiger charge is 2.24. The van der Waals surface area contributed by atoms with Crippen molar-refractivity contribution in [3.8, 4) is 0 Å². The molecule has 0 atom stereocenters. The van der Waals surface area contributed by atoms with E-state index in [1.165, 1.54) is 77.0 Å². The van der Waals surface area contributed by atoms with Crippen molar-refractivity contribution in [2.45, 2.75) is 90.9 Å². The van der Waals surface area contributed by atoms with E-state index in [-0.39, 0.29) is 19.0 Å². The first kappa shape index (κ1) is 25.0. The van der Waals surface area contributed by atoms with Crippen LogP contribution in [0, 0.1) is 0 Å². The summed E-state index contributed by atoms with van der Waals surface area (Å²) in [5.74, 6) is -0.653. The van der Waals surface area contributed by atoms with Crippen LogP contribution in [0.2, 0.25) is 0 Å². The van der Waals surface area contributed by atoms with E-state index in [9.17, 15) is 9.90 Å². The summed E-state index contributed by atoms with van der Waals surface area (Å²) in [5, 5.41) is 9.18. The lowest BCUT2D eigenvalue weighted by Gasteiger charge is -2.33. The smallest absolute Gasteiger partial charge is 0.359 e. The third-order valence-corrected chi connectivity index (χ3v) is 4.62. The Kier molecular flexibility index (Phi) is 18.0. The van der Waals surface area contributed by atoms with E-state index in [2.05, 4.69) is 20.9 Å². The second-order valence-electron chi connectivity index (χ2n) is 7.15. The molecule has 0 amide bonds. The number of aliphatic carboxylic acids is 1. The van der Waals surface area contributed by atoms with Crippen molar-refractivity contribution in [2.24, 2.45) is 0 Å². The standard InChI is InChI=1S/C19H39NO2.ClH/c1-4-6-8-10-12-14-16-20(3,18-19(21)22)17-15-13-11-9-7-5-2;/h4-18H2,1-3H3;1H. The fourth-order valence-corrected chi connectivity index (χ4v) is 3.14. The molecular formula is C19H40ClNO2. The highest BCUT2D eigenvalue weighted by atomic mass is 35.5. The SMILES string of the molecule is CCCCCCCC[N+](C)(CCCCCCCC)CC(=O)O.[Cl-]. The van der Waals surface area contributed by atoms with Gasteiger partial charge in [-0.2, -0.15) is 0 Å². The molecule has 0 aromatic heterocycles. The van der Waals surface area contributed by atoms with Gasteiger partial charge in [0.1, 0.15) is 0 Å². The summed E-state index contributed by atoms with van der Waals surface area (Å²) in [6, 6.07) is 0. The Hall–Kier alpha value is -0.280. The number of carbonyl (C=O) groups is 1. The fraction of sp³-hybridized carbons (Fsp3) is 0.947. The molecule has 0 spiro atoms. The zero-order valence-electron chi connectivity index (χ0n) is 15.8. The Balaban J connectivity index is 0. The summed E-state index contributed by atoms with van der Waals surface area (Å²) in [6.07, 6.45) is 15.3. The molecule has 0 aliphatic heterocycles. The van der Waals surface area contributed by atoms with E-state index in [0.717, 1.165) is 17.6 Å². The van der Waals surface area contributed by atoms with Gasteiger partial charge in [0, 0.05) is 0 Å². The average molecular weight is 350 g/mol. The van der Waals surface area contributed by atoms with Gasteiger partial charge in [0.2, 0.25) is 0 Å². The number of hydrogen-bond donors (Lipinski definition) is 1. The number of carboxylic acid groups (broad SMARTS) is 1. The molecule has 0 fully saturated rings. The van der Waals surface area contributed by atoms with E-state index in [0.29, 0.717) is 0 Å². The Bertz CT molecular complexity index is 256.